The maximum atomic E-state index is 4.87. The van der Waals surface area contributed by atoms with Gasteiger partial charge in [-0.2, -0.15) is 0 Å². The minimum absolute atomic E-state index is 0.679. The van der Waals surface area contributed by atoms with Gasteiger partial charge in [0.1, 0.15) is 0 Å². The third-order valence-electron chi connectivity index (χ3n) is 4.08. The van der Waals surface area contributed by atoms with Gasteiger partial charge in [0.15, 0.2) is 0 Å². The molecule has 4 rings (SSSR count). The molecule has 110 valence electrons. The van der Waals surface area contributed by atoms with E-state index in [4.69, 9.17) is 9.97 Å². The van der Waals surface area contributed by atoms with Crippen molar-refractivity contribution in [2.45, 2.75) is 31.8 Å². The Hall–Kier alpha value is -2.26. The highest BCUT2D eigenvalue weighted by Crippen LogP contribution is 2.21. The number of fused-ring (bicyclic) bond motifs is 1. The maximum absolute atomic E-state index is 4.87. The van der Waals surface area contributed by atoms with Crippen molar-refractivity contribution in [1.29, 1.82) is 0 Å². The van der Waals surface area contributed by atoms with Crippen LogP contribution in [0.3, 0.4) is 0 Å². The molecule has 0 atom stereocenters. The van der Waals surface area contributed by atoms with E-state index >= 15 is 0 Å². The fourth-order valence-electron chi connectivity index (χ4n) is 2.67. The topological polar surface area (TPSA) is 37.8 Å². The monoisotopic (exact) mass is 289 g/mol. The Morgan fingerprint density at radius 3 is 2.14 bits per heavy atom. The lowest BCUT2D eigenvalue weighted by atomic mass is 10.1. The zero-order valence-corrected chi connectivity index (χ0v) is 12.5. The molecule has 1 N–H and O–H groups in total. The van der Waals surface area contributed by atoms with Gasteiger partial charge in [0.25, 0.3) is 0 Å². The van der Waals surface area contributed by atoms with Crippen LogP contribution in [0.1, 0.15) is 29.8 Å². The predicted octanol–water partition coefficient (Wildman–Crippen LogP) is 3.47. The molecule has 3 aromatic rings. The molecular formula is C19H19N3. The summed E-state index contributed by atoms with van der Waals surface area (Å²) in [6.45, 7) is 0.810. The van der Waals surface area contributed by atoms with Gasteiger partial charge in [0.2, 0.25) is 0 Å². The molecule has 0 radical (unpaired) electrons. The number of aromatic nitrogens is 2. The van der Waals surface area contributed by atoms with E-state index in [2.05, 4.69) is 29.6 Å². The van der Waals surface area contributed by atoms with E-state index in [0.717, 1.165) is 35.4 Å². The largest absolute Gasteiger partial charge is 0.308 e. The lowest BCUT2D eigenvalue weighted by molar-refractivity contribution is 0.667. The van der Waals surface area contributed by atoms with Crippen LogP contribution in [-0.2, 0) is 13.0 Å². The van der Waals surface area contributed by atoms with Crippen LogP contribution < -0.4 is 5.32 Å². The molecule has 3 heteroatoms. The van der Waals surface area contributed by atoms with Crippen LogP contribution >= 0.6 is 0 Å². The van der Waals surface area contributed by atoms with Crippen LogP contribution in [0.5, 0.6) is 0 Å². The van der Waals surface area contributed by atoms with Crippen molar-refractivity contribution in [2.75, 3.05) is 0 Å². The molecule has 1 saturated carbocycles. The third kappa shape index (κ3) is 3.00. The molecule has 2 aromatic carbocycles. The first-order valence-electron chi connectivity index (χ1n) is 7.90. The zero-order chi connectivity index (χ0) is 14.8. The zero-order valence-electron chi connectivity index (χ0n) is 12.5. The highest BCUT2D eigenvalue weighted by Gasteiger charge is 2.21. The van der Waals surface area contributed by atoms with Crippen molar-refractivity contribution < 1.29 is 0 Å². The van der Waals surface area contributed by atoms with E-state index in [-0.39, 0.29) is 0 Å². The van der Waals surface area contributed by atoms with Gasteiger partial charge in [0, 0.05) is 19.0 Å². The molecule has 1 heterocycles. The van der Waals surface area contributed by atoms with Crippen LogP contribution in [0.25, 0.3) is 11.0 Å². The molecular weight excluding hydrogens is 270 g/mol. The van der Waals surface area contributed by atoms with Gasteiger partial charge in [0.05, 0.1) is 22.4 Å². The lowest BCUT2D eigenvalue weighted by Gasteiger charge is -2.11. The average molecular weight is 289 g/mol. The minimum atomic E-state index is 0.679. The van der Waals surface area contributed by atoms with Gasteiger partial charge < -0.3 is 5.32 Å². The molecule has 22 heavy (non-hydrogen) atoms. The number of hydrogen-bond acceptors (Lipinski definition) is 3. The normalized spacial score (nSPS) is 14.4. The van der Waals surface area contributed by atoms with Gasteiger partial charge in [-0.15, -0.1) is 0 Å². The molecule has 3 nitrogen and oxygen atoms in total. The van der Waals surface area contributed by atoms with E-state index < -0.39 is 0 Å². The first-order chi connectivity index (χ1) is 10.9. The third-order valence-corrected chi connectivity index (χ3v) is 4.08. The fraction of sp³-hybridized carbons (Fsp3) is 0.263. The Kier molecular flexibility index (Phi) is 3.57. The van der Waals surface area contributed by atoms with Crippen molar-refractivity contribution in [3.8, 4) is 0 Å². The quantitative estimate of drug-likeness (QED) is 0.781. The van der Waals surface area contributed by atoms with Crippen molar-refractivity contribution in [3.63, 3.8) is 0 Å². The molecule has 1 aromatic heterocycles. The van der Waals surface area contributed by atoms with E-state index in [1.807, 2.05) is 30.3 Å². The summed E-state index contributed by atoms with van der Waals surface area (Å²) in [6.07, 6.45) is 3.41. The smallest absolute Gasteiger partial charge is 0.0890 e. The summed E-state index contributed by atoms with van der Waals surface area (Å²) in [5.41, 5.74) is 5.39. The summed E-state index contributed by atoms with van der Waals surface area (Å²) in [5.74, 6) is 0. The van der Waals surface area contributed by atoms with E-state index in [9.17, 15) is 0 Å². The van der Waals surface area contributed by atoms with E-state index in [1.165, 1.54) is 18.4 Å². The van der Waals surface area contributed by atoms with Gasteiger partial charge in [-0.05, 0) is 30.5 Å². The second-order valence-corrected chi connectivity index (χ2v) is 5.92. The molecule has 0 bridgehead atoms. The van der Waals surface area contributed by atoms with E-state index in [1.54, 1.807) is 0 Å². The summed E-state index contributed by atoms with van der Waals surface area (Å²) in [6, 6.07) is 19.3. The second kappa shape index (κ2) is 5.85. The standard InChI is InChI=1S/C19H19N3/c1-2-6-14(7-3-1)12-18-19(13-20-15-10-11-15)22-17-9-5-4-8-16(17)21-18/h1-9,15,20H,10-13H2. The van der Waals surface area contributed by atoms with Crippen LogP contribution in [0.15, 0.2) is 54.6 Å². The number of nitrogens with zero attached hydrogens (tertiary/aromatic N) is 2. The summed E-state index contributed by atoms with van der Waals surface area (Å²) < 4.78 is 0. The molecule has 0 aliphatic heterocycles. The average Bonchev–Trinajstić information content (AvgIpc) is 3.38. The van der Waals surface area contributed by atoms with Gasteiger partial charge in [-0.1, -0.05) is 42.5 Å². The fourth-order valence-corrected chi connectivity index (χ4v) is 2.67. The number of rotatable bonds is 5. The van der Waals surface area contributed by atoms with Gasteiger partial charge >= 0.3 is 0 Å². The first-order valence-corrected chi connectivity index (χ1v) is 7.90. The Morgan fingerprint density at radius 2 is 1.45 bits per heavy atom. The van der Waals surface area contributed by atoms with Gasteiger partial charge in [-0.3, -0.25) is 0 Å². The van der Waals surface area contributed by atoms with E-state index in [0.29, 0.717) is 6.04 Å². The van der Waals surface area contributed by atoms with Crippen molar-refractivity contribution in [2.24, 2.45) is 0 Å². The summed E-state index contributed by atoms with van der Waals surface area (Å²) in [4.78, 5) is 9.71. The van der Waals surface area contributed by atoms with Gasteiger partial charge in [-0.25, -0.2) is 9.97 Å². The highest BCUT2D eigenvalue weighted by molar-refractivity contribution is 5.74. The minimum Gasteiger partial charge on any atom is -0.308 e. The van der Waals surface area contributed by atoms with Crippen molar-refractivity contribution >= 4 is 11.0 Å². The summed E-state index contributed by atoms with van der Waals surface area (Å²) >= 11 is 0. The number of benzene rings is 2. The molecule has 0 saturated heterocycles. The molecule has 1 aliphatic carbocycles. The maximum Gasteiger partial charge on any atom is 0.0890 e. The van der Waals surface area contributed by atoms with Crippen LogP contribution in [-0.4, -0.2) is 16.0 Å². The Labute approximate surface area is 130 Å². The summed E-state index contributed by atoms with van der Waals surface area (Å²) in [5, 5.41) is 3.56. The van der Waals surface area contributed by atoms with Crippen molar-refractivity contribution in [1.82, 2.24) is 15.3 Å². The van der Waals surface area contributed by atoms with Crippen LogP contribution in [0, 0.1) is 0 Å². The molecule has 1 aliphatic rings. The number of hydrogen-bond donors (Lipinski definition) is 1. The molecule has 0 spiro atoms. The number of para-hydroxylation sites is 2. The Morgan fingerprint density at radius 1 is 0.818 bits per heavy atom. The molecule has 0 unspecified atom stereocenters. The Bertz CT molecular complexity index is 779. The SMILES string of the molecule is c1ccc(Cc2nc3ccccc3nc2CNC2CC2)cc1. The Balaban J connectivity index is 1.70. The molecule has 1 fully saturated rings. The summed E-state index contributed by atoms with van der Waals surface area (Å²) in [7, 11) is 0. The molecule has 0 amide bonds. The number of nitrogens with one attached hydrogen (secondary N) is 1. The predicted molar refractivity (Wildman–Crippen MR) is 88.6 cm³/mol. The lowest BCUT2D eigenvalue weighted by Crippen LogP contribution is -2.18. The highest BCUT2D eigenvalue weighted by atomic mass is 15.0. The van der Waals surface area contributed by atoms with Crippen LogP contribution in [0.4, 0.5) is 0 Å². The van der Waals surface area contributed by atoms with Crippen molar-refractivity contribution in [3.05, 3.63) is 71.5 Å². The second-order valence-electron chi connectivity index (χ2n) is 5.92. The first kappa shape index (κ1) is 13.4. The van der Waals surface area contributed by atoms with Crippen LogP contribution in [0.2, 0.25) is 0 Å².